The van der Waals surface area contributed by atoms with Gasteiger partial charge in [-0.15, -0.1) is 5.10 Å². The molecular weight excluding hydrogens is 374 g/mol. The summed E-state index contributed by atoms with van der Waals surface area (Å²) < 4.78 is 2.09. The van der Waals surface area contributed by atoms with Crippen LogP contribution in [0.3, 0.4) is 0 Å². The number of hydrogen-bond donors (Lipinski definition) is 0. The van der Waals surface area contributed by atoms with Crippen molar-refractivity contribution in [1.29, 1.82) is 0 Å². The first-order chi connectivity index (χ1) is 14.7. The van der Waals surface area contributed by atoms with Gasteiger partial charge < -0.3 is 4.90 Å². The highest BCUT2D eigenvalue weighted by molar-refractivity contribution is 5.82. The lowest BCUT2D eigenvalue weighted by Gasteiger charge is -2.32. The molecule has 0 atom stereocenters. The maximum Gasteiger partial charge on any atom is 0.225 e. The highest BCUT2D eigenvalue weighted by atomic mass is 15.4. The molecule has 4 heterocycles. The topological polar surface area (TPSA) is 72.6 Å². The maximum atomic E-state index is 4.53. The second kappa shape index (κ2) is 7.82. The average Bonchev–Trinajstić information content (AvgIpc) is 3.23. The van der Waals surface area contributed by atoms with Gasteiger partial charge in [-0.05, 0) is 55.5 Å². The number of aryl methyl sites for hydroxylation is 2. The van der Waals surface area contributed by atoms with Crippen LogP contribution in [0.4, 0.5) is 5.95 Å². The Morgan fingerprint density at radius 1 is 1.03 bits per heavy atom. The van der Waals surface area contributed by atoms with Gasteiger partial charge in [-0.1, -0.05) is 24.3 Å². The standard InChI is InChI=1S/C23H25N7/c1-3-17-14-25-23(26-15-17)29-11-8-19(9-12-29)30-22-7-6-18(13-21(22)27-28-30)20-5-4-10-24-16(20)2/h4-7,10,13-15,19H,3,8-9,11-12H2,1-2H3. The Morgan fingerprint density at radius 3 is 2.57 bits per heavy atom. The number of aromatic nitrogens is 6. The van der Waals surface area contributed by atoms with E-state index in [0.29, 0.717) is 6.04 Å². The molecule has 0 unspecified atom stereocenters. The molecule has 0 radical (unpaired) electrons. The number of rotatable bonds is 4. The molecule has 30 heavy (non-hydrogen) atoms. The Balaban J connectivity index is 1.34. The zero-order valence-corrected chi connectivity index (χ0v) is 17.4. The van der Waals surface area contributed by atoms with E-state index < -0.39 is 0 Å². The first-order valence-electron chi connectivity index (χ1n) is 10.6. The molecule has 7 nitrogen and oxygen atoms in total. The van der Waals surface area contributed by atoms with E-state index in [1.54, 1.807) is 0 Å². The van der Waals surface area contributed by atoms with Crippen LogP contribution in [-0.2, 0) is 6.42 Å². The highest BCUT2D eigenvalue weighted by Gasteiger charge is 2.24. The minimum Gasteiger partial charge on any atom is -0.341 e. The van der Waals surface area contributed by atoms with Crippen molar-refractivity contribution in [2.24, 2.45) is 0 Å². The maximum absolute atomic E-state index is 4.53. The normalized spacial score (nSPS) is 15.1. The average molecular weight is 400 g/mol. The smallest absolute Gasteiger partial charge is 0.225 e. The molecule has 1 fully saturated rings. The van der Waals surface area contributed by atoms with E-state index in [1.807, 2.05) is 31.6 Å². The van der Waals surface area contributed by atoms with E-state index >= 15 is 0 Å². The molecule has 1 aliphatic rings. The van der Waals surface area contributed by atoms with Gasteiger partial charge in [0.1, 0.15) is 5.52 Å². The van der Waals surface area contributed by atoms with Gasteiger partial charge in [-0.2, -0.15) is 0 Å². The van der Waals surface area contributed by atoms with E-state index in [4.69, 9.17) is 0 Å². The van der Waals surface area contributed by atoms with Gasteiger partial charge in [0.05, 0.1) is 11.6 Å². The summed E-state index contributed by atoms with van der Waals surface area (Å²) in [5.74, 6) is 0.825. The van der Waals surface area contributed by atoms with Crippen LogP contribution in [0.5, 0.6) is 0 Å². The molecule has 3 aromatic heterocycles. The molecule has 1 aliphatic heterocycles. The molecule has 0 amide bonds. The molecule has 1 aromatic carbocycles. The zero-order valence-electron chi connectivity index (χ0n) is 17.4. The summed E-state index contributed by atoms with van der Waals surface area (Å²) in [6.07, 6.45) is 8.65. The SMILES string of the molecule is CCc1cnc(N2CCC(n3nnc4cc(-c5cccnc5C)ccc43)CC2)nc1. The summed E-state index contributed by atoms with van der Waals surface area (Å²) in [7, 11) is 0. The Bertz CT molecular complexity index is 1160. The Hall–Kier alpha value is -3.35. The quantitative estimate of drug-likeness (QED) is 0.517. The van der Waals surface area contributed by atoms with Crippen molar-refractivity contribution >= 4 is 17.0 Å². The third kappa shape index (κ3) is 3.40. The van der Waals surface area contributed by atoms with Gasteiger partial charge in [0.2, 0.25) is 5.95 Å². The summed E-state index contributed by atoms with van der Waals surface area (Å²) in [6, 6.07) is 10.8. The first-order valence-corrected chi connectivity index (χ1v) is 10.6. The van der Waals surface area contributed by atoms with Crippen molar-refractivity contribution in [3.05, 3.63) is 60.2 Å². The summed E-state index contributed by atoms with van der Waals surface area (Å²) in [4.78, 5) is 15.7. The van der Waals surface area contributed by atoms with E-state index in [1.165, 1.54) is 5.56 Å². The summed E-state index contributed by atoms with van der Waals surface area (Å²) >= 11 is 0. The van der Waals surface area contributed by atoms with Gasteiger partial charge in [0, 0.05) is 42.9 Å². The fourth-order valence-corrected chi connectivity index (χ4v) is 4.17. The second-order valence-corrected chi connectivity index (χ2v) is 7.84. The predicted octanol–water partition coefficient (Wildman–Crippen LogP) is 4.00. The lowest BCUT2D eigenvalue weighted by molar-refractivity contribution is 0.367. The molecule has 0 spiro atoms. The van der Waals surface area contributed by atoms with Crippen LogP contribution < -0.4 is 4.90 Å². The molecular formula is C23H25N7. The van der Waals surface area contributed by atoms with Crippen LogP contribution in [0.25, 0.3) is 22.2 Å². The van der Waals surface area contributed by atoms with Crippen LogP contribution in [-0.4, -0.2) is 43.0 Å². The van der Waals surface area contributed by atoms with Gasteiger partial charge in [0.25, 0.3) is 0 Å². The number of hydrogen-bond acceptors (Lipinski definition) is 6. The summed E-state index contributed by atoms with van der Waals surface area (Å²) in [6.45, 7) is 5.99. The van der Waals surface area contributed by atoms with Crippen LogP contribution in [0, 0.1) is 6.92 Å². The molecule has 0 bridgehead atoms. The van der Waals surface area contributed by atoms with Crippen LogP contribution in [0.1, 0.15) is 37.1 Å². The van der Waals surface area contributed by atoms with Crippen molar-refractivity contribution in [2.45, 2.75) is 39.2 Å². The van der Waals surface area contributed by atoms with Crippen molar-refractivity contribution in [2.75, 3.05) is 18.0 Å². The molecule has 4 aromatic rings. The van der Waals surface area contributed by atoms with E-state index in [2.05, 4.69) is 66.0 Å². The van der Waals surface area contributed by atoms with Gasteiger partial charge in [0.15, 0.2) is 0 Å². The summed E-state index contributed by atoms with van der Waals surface area (Å²) in [5.41, 5.74) is 6.47. The Labute approximate surface area is 175 Å². The number of piperidine rings is 1. The molecule has 0 saturated carbocycles. The van der Waals surface area contributed by atoms with Gasteiger partial charge >= 0.3 is 0 Å². The van der Waals surface area contributed by atoms with Gasteiger partial charge in [-0.25, -0.2) is 14.6 Å². The number of anilines is 1. The third-order valence-corrected chi connectivity index (χ3v) is 5.98. The van der Waals surface area contributed by atoms with Gasteiger partial charge in [-0.3, -0.25) is 4.98 Å². The van der Waals surface area contributed by atoms with E-state index in [0.717, 1.165) is 66.2 Å². The molecule has 5 rings (SSSR count). The lowest BCUT2D eigenvalue weighted by Crippen LogP contribution is -2.36. The van der Waals surface area contributed by atoms with E-state index in [9.17, 15) is 0 Å². The minimum absolute atomic E-state index is 0.340. The molecule has 0 N–H and O–H groups in total. The van der Waals surface area contributed by atoms with Crippen molar-refractivity contribution < 1.29 is 0 Å². The van der Waals surface area contributed by atoms with Crippen molar-refractivity contribution in [3.63, 3.8) is 0 Å². The molecule has 1 saturated heterocycles. The zero-order chi connectivity index (χ0) is 20.5. The van der Waals surface area contributed by atoms with Crippen LogP contribution in [0.15, 0.2) is 48.9 Å². The Kier molecular flexibility index (Phi) is 4.86. The number of pyridine rings is 1. The molecule has 7 heteroatoms. The fraction of sp³-hybridized carbons (Fsp3) is 0.348. The molecule has 152 valence electrons. The van der Waals surface area contributed by atoms with Crippen molar-refractivity contribution in [1.82, 2.24) is 29.9 Å². The van der Waals surface area contributed by atoms with Crippen LogP contribution >= 0.6 is 0 Å². The first kappa shape index (κ1) is 18.7. The van der Waals surface area contributed by atoms with Crippen LogP contribution in [0.2, 0.25) is 0 Å². The van der Waals surface area contributed by atoms with Crippen molar-refractivity contribution in [3.8, 4) is 11.1 Å². The highest BCUT2D eigenvalue weighted by Crippen LogP contribution is 2.29. The fourth-order valence-electron chi connectivity index (χ4n) is 4.17. The number of benzene rings is 1. The monoisotopic (exact) mass is 399 g/mol. The number of nitrogens with zero attached hydrogens (tertiary/aromatic N) is 7. The summed E-state index contributed by atoms with van der Waals surface area (Å²) in [5, 5.41) is 8.96. The lowest BCUT2D eigenvalue weighted by atomic mass is 10.0. The third-order valence-electron chi connectivity index (χ3n) is 5.98. The number of fused-ring (bicyclic) bond motifs is 1. The largest absolute Gasteiger partial charge is 0.341 e. The second-order valence-electron chi connectivity index (χ2n) is 7.84. The predicted molar refractivity (Wildman–Crippen MR) is 117 cm³/mol. The minimum atomic E-state index is 0.340. The Morgan fingerprint density at radius 2 is 1.83 bits per heavy atom. The molecule has 0 aliphatic carbocycles. The van der Waals surface area contributed by atoms with E-state index in [-0.39, 0.29) is 0 Å².